The summed E-state index contributed by atoms with van der Waals surface area (Å²) < 4.78 is 17.0. The lowest BCUT2D eigenvalue weighted by atomic mass is 10.0. The third-order valence-electron chi connectivity index (χ3n) is 18.6. The molecule has 129 heavy (non-hydrogen) atoms. The molecule has 0 atom stereocenters. The van der Waals surface area contributed by atoms with Gasteiger partial charge in [0.2, 0.25) is 0 Å². The number of hydrogen-bond donors (Lipinski definition) is 0. The Morgan fingerprint density at radius 2 is 0.372 bits per heavy atom. The fourth-order valence-corrected chi connectivity index (χ4v) is 12.0. The smallest absolute Gasteiger partial charge is 0.159 e. The van der Waals surface area contributed by atoms with Gasteiger partial charge in [-0.05, 0) is 284 Å². The molecule has 0 aliphatic heterocycles. The van der Waals surface area contributed by atoms with Crippen LogP contribution in [0.2, 0.25) is 0 Å². The second-order valence-corrected chi connectivity index (χ2v) is 29.5. The molecular weight excluding hydrogens is 1640 g/mol. The van der Waals surface area contributed by atoms with Crippen molar-refractivity contribution in [3.63, 3.8) is 0 Å². The van der Waals surface area contributed by atoms with E-state index in [1.54, 1.807) is 201 Å². The van der Waals surface area contributed by atoms with Crippen LogP contribution in [0.15, 0.2) is 289 Å². The number of carbonyl (C=O) groups is 14. The Kier molecular flexibility index (Phi) is 54.3. The van der Waals surface area contributed by atoms with Crippen LogP contribution in [0.5, 0.6) is 23.0 Å². The van der Waals surface area contributed by atoms with E-state index in [-0.39, 0.29) is 133 Å². The predicted octanol–water partition coefficient (Wildman–Crippen LogP) is 28.9. The van der Waals surface area contributed by atoms with E-state index in [1.807, 2.05) is 146 Å². The number of hydrogen-bond acceptors (Lipinski definition) is 18. The summed E-state index contributed by atoms with van der Waals surface area (Å²) in [5, 5.41) is 1.97. The molecule has 0 radical (unpaired) electrons. The van der Waals surface area contributed by atoms with Crippen molar-refractivity contribution in [1.82, 2.24) is 0 Å². The van der Waals surface area contributed by atoms with Crippen molar-refractivity contribution in [3.8, 4) is 34.1 Å². The number of carbonyl (C=O) groups excluding carboxylic acids is 14. The van der Waals surface area contributed by atoms with E-state index in [1.165, 1.54) is 41.5 Å². The van der Waals surface area contributed by atoms with Gasteiger partial charge in [-0.15, -0.1) is 0 Å². The zero-order valence-electron chi connectivity index (χ0n) is 71.1. The van der Waals surface area contributed by atoms with Gasteiger partial charge in [-0.1, -0.05) is 203 Å². The second-order valence-electron chi connectivity index (χ2n) is 28.3. The Balaban J connectivity index is 0. The number of unbranched alkanes of at least 4 members (excludes halogenated alkanes) is 3. The van der Waals surface area contributed by atoms with Crippen molar-refractivity contribution >= 4 is 103 Å². The van der Waals surface area contributed by atoms with Crippen molar-refractivity contribution in [2.24, 2.45) is 0 Å². The summed E-state index contributed by atoms with van der Waals surface area (Å²) in [6.45, 7) is 22.8. The van der Waals surface area contributed by atoms with Gasteiger partial charge in [-0.25, -0.2) is 0 Å². The molecule has 17 nitrogen and oxygen atoms in total. The van der Waals surface area contributed by atoms with E-state index >= 15 is 0 Å². The fourth-order valence-electron chi connectivity index (χ4n) is 11.2. The van der Waals surface area contributed by atoms with E-state index in [0.29, 0.717) is 91.5 Å². The maximum absolute atomic E-state index is 11.2. The van der Waals surface area contributed by atoms with Gasteiger partial charge in [-0.3, -0.25) is 67.1 Å². The van der Waals surface area contributed by atoms with E-state index in [0.717, 1.165) is 80.0 Å². The summed E-state index contributed by atoms with van der Waals surface area (Å²) in [6.07, 6.45) is 4.14. The van der Waals surface area contributed by atoms with Crippen molar-refractivity contribution < 1.29 is 81.3 Å². The Labute approximate surface area is 768 Å². The SMILES string of the molecule is C.C.C.C.C.C.C.CC(=O)c1ccc(-c2ccc(C(C)=O)cc2)cc1.CC(=O)c1ccc(C(C)=O)cc1.CC(=O)c1ccc(OCCCCCCOc2ccc(C(C)=O)cc2)cc1.CC(=O)c1ccc(Oc2ccc(C(C)=O)cc2)cc1.CC(=O)c1ccc(Sc2ccc(C(C)=O)cc2)cc1.CC(=O)c1ccc2cc(C(C)=O)ccc2c1.CC(=O)c1cccc(C(C)=O)c1. The molecule has 12 aromatic rings. The van der Waals surface area contributed by atoms with Gasteiger partial charge >= 0.3 is 0 Å². The molecule has 0 unspecified atom stereocenters. The third-order valence-corrected chi connectivity index (χ3v) is 19.6. The van der Waals surface area contributed by atoms with Crippen LogP contribution in [0.1, 0.15) is 320 Å². The first-order valence-corrected chi connectivity index (χ1v) is 40.2. The minimum absolute atomic E-state index is 0. The second kappa shape index (κ2) is 59.8. The zero-order chi connectivity index (χ0) is 89.5. The van der Waals surface area contributed by atoms with Gasteiger partial charge in [0.25, 0.3) is 0 Å². The minimum Gasteiger partial charge on any atom is -0.494 e. The van der Waals surface area contributed by atoms with Crippen LogP contribution in [0.25, 0.3) is 21.9 Å². The minimum atomic E-state index is -0.0156. The molecule has 0 heterocycles. The molecule has 0 aliphatic rings. The Morgan fingerprint density at radius 1 is 0.194 bits per heavy atom. The first-order valence-electron chi connectivity index (χ1n) is 39.3. The molecule has 0 saturated heterocycles. The summed E-state index contributed by atoms with van der Waals surface area (Å²) in [5.41, 5.74) is 11.5. The highest BCUT2D eigenvalue weighted by Crippen LogP contribution is 2.30. The predicted molar refractivity (Wildman–Crippen MR) is 528 cm³/mol. The number of ether oxygens (including phenoxy) is 3. The van der Waals surface area contributed by atoms with Crippen molar-refractivity contribution in [2.45, 2.75) is 184 Å². The molecule has 0 aliphatic carbocycles. The molecule has 0 N–H and O–H groups in total. The first-order chi connectivity index (χ1) is 58.0. The van der Waals surface area contributed by atoms with Gasteiger partial charge < -0.3 is 14.2 Å². The van der Waals surface area contributed by atoms with Crippen molar-refractivity contribution in [1.29, 1.82) is 0 Å². The van der Waals surface area contributed by atoms with Crippen molar-refractivity contribution in [2.75, 3.05) is 13.2 Å². The van der Waals surface area contributed by atoms with Crippen molar-refractivity contribution in [3.05, 3.63) is 357 Å². The van der Waals surface area contributed by atoms with Crippen LogP contribution in [0.4, 0.5) is 0 Å². The van der Waals surface area contributed by atoms with E-state index in [9.17, 15) is 67.1 Å². The summed E-state index contributed by atoms with van der Waals surface area (Å²) in [4.78, 5) is 157. The molecule has 0 saturated carbocycles. The number of Topliss-reactive ketones (excluding diaryl/α,β-unsaturated/α-hetero) is 14. The highest BCUT2D eigenvalue weighted by Gasteiger charge is 2.11. The topological polar surface area (TPSA) is 267 Å². The maximum atomic E-state index is 11.2. The standard InChI is InChI=1S/C22H26O4.C16H14O3.C16H14O2S.C16H14O2.C14H12O2.2C10H10O2.7CH4/c1-17(23)19-7-11-21(12-8-19)25-15-5-3-4-6-16-26-22-13-9-20(10-14-22)18(2)24;2*1-11(17)13-3-7-15(8-4-13)19-16-9-5-14(6-10-16)12(2)18;1-11(17)13-3-7-15(8-4-13)16-9-5-14(6-10-16)12(2)18;1-9(15)11-3-5-14-8-12(10(2)16)4-6-13(14)7-11;1-7(11)9-3-5-10(6-4-9)8(2)12;1-7(11)9-4-3-5-10(6-9)8(2)12;;;;;;;/h7-14H,3-6,15-16H2,1-2H3;2*3-10H,1-2H3;3-10H,1-2H3;3-8H,1-2H3;2*3-6H,1-2H3;7*1H4. The number of fused-ring (bicyclic) bond motifs is 1. The lowest BCUT2D eigenvalue weighted by Crippen LogP contribution is -2.00. The lowest BCUT2D eigenvalue weighted by molar-refractivity contribution is 0.0999. The molecule has 18 heteroatoms. The highest BCUT2D eigenvalue weighted by atomic mass is 32.2. The van der Waals surface area contributed by atoms with E-state index in [4.69, 9.17) is 14.2 Å². The quantitative estimate of drug-likeness (QED) is 0.0326. The monoisotopic (exact) mass is 1760 g/mol. The molecule has 680 valence electrons. The van der Waals surface area contributed by atoms with E-state index < -0.39 is 0 Å². The normalized spacial score (nSPS) is 9.53. The molecule has 0 spiro atoms. The number of rotatable bonds is 28. The summed E-state index contributed by atoms with van der Waals surface area (Å²) in [7, 11) is 0. The molecule has 0 fully saturated rings. The highest BCUT2D eigenvalue weighted by molar-refractivity contribution is 7.99. The van der Waals surface area contributed by atoms with Gasteiger partial charge in [-0.2, -0.15) is 0 Å². The zero-order valence-corrected chi connectivity index (χ0v) is 72.0. The molecule has 12 rings (SSSR count). The third kappa shape index (κ3) is 40.9. The van der Waals surface area contributed by atoms with Crippen LogP contribution in [0, 0.1) is 0 Å². The maximum Gasteiger partial charge on any atom is 0.159 e. The number of benzene rings is 12. The lowest BCUT2D eigenvalue weighted by Gasteiger charge is -2.08. The molecule has 0 amide bonds. The van der Waals surface area contributed by atoms with Crippen LogP contribution in [-0.2, 0) is 0 Å². The summed E-state index contributed by atoms with van der Waals surface area (Å²) >= 11 is 1.61. The average Bonchev–Trinajstić information content (AvgIpc) is 0.800. The van der Waals surface area contributed by atoms with Gasteiger partial charge in [0.15, 0.2) is 81.0 Å². The summed E-state index contributed by atoms with van der Waals surface area (Å²) in [6, 6.07) is 82.8. The Bertz CT molecular complexity index is 5190. The van der Waals surface area contributed by atoms with Crippen LogP contribution in [0.3, 0.4) is 0 Å². The Hall–Kier alpha value is -14.0. The molecule has 0 aromatic heterocycles. The fraction of sp³-hybridized carbons (Fsp3) is 0.243. The largest absolute Gasteiger partial charge is 0.494 e. The van der Waals surface area contributed by atoms with Gasteiger partial charge in [0, 0.05) is 87.7 Å². The molecule has 0 bridgehead atoms. The molecule has 12 aromatic carbocycles. The van der Waals surface area contributed by atoms with Crippen LogP contribution in [-0.4, -0.2) is 94.2 Å². The van der Waals surface area contributed by atoms with Crippen LogP contribution >= 0.6 is 11.8 Å². The average molecular weight is 1770 g/mol. The summed E-state index contributed by atoms with van der Waals surface area (Å²) in [5.74, 6) is 3.46. The van der Waals surface area contributed by atoms with E-state index in [2.05, 4.69) is 0 Å². The van der Waals surface area contributed by atoms with Gasteiger partial charge in [0.1, 0.15) is 23.0 Å². The van der Waals surface area contributed by atoms with Crippen LogP contribution < -0.4 is 14.2 Å². The number of ketones is 14. The molecular formula is C111H128O17S. The Morgan fingerprint density at radius 3 is 0.589 bits per heavy atom. The van der Waals surface area contributed by atoms with Gasteiger partial charge in [0.05, 0.1) is 13.2 Å². The first kappa shape index (κ1) is 117.